The van der Waals surface area contributed by atoms with Crippen molar-refractivity contribution in [2.45, 2.75) is 20.3 Å². The zero-order chi connectivity index (χ0) is 13.7. The quantitative estimate of drug-likeness (QED) is 0.908. The van der Waals surface area contributed by atoms with Gasteiger partial charge in [-0.1, -0.05) is 18.5 Å². The molecule has 0 aliphatic rings. The van der Waals surface area contributed by atoms with Gasteiger partial charge in [0.25, 0.3) is 0 Å². The second-order valence-electron chi connectivity index (χ2n) is 3.96. The lowest BCUT2D eigenvalue weighted by molar-refractivity contribution is 0.456. The van der Waals surface area contributed by atoms with E-state index in [9.17, 15) is 0 Å². The molecule has 0 radical (unpaired) electrons. The van der Waals surface area contributed by atoms with E-state index in [1.54, 1.807) is 12.3 Å². The summed E-state index contributed by atoms with van der Waals surface area (Å²) >= 11 is 6.03. The number of hydrogen-bond donors (Lipinski definition) is 1. The van der Waals surface area contributed by atoms with Crippen molar-refractivity contribution < 1.29 is 4.74 Å². The molecule has 0 bridgehead atoms. The van der Waals surface area contributed by atoms with E-state index in [2.05, 4.69) is 27.2 Å². The minimum Gasteiger partial charge on any atom is -0.435 e. The van der Waals surface area contributed by atoms with Crippen LogP contribution < -0.4 is 10.1 Å². The van der Waals surface area contributed by atoms with E-state index >= 15 is 0 Å². The van der Waals surface area contributed by atoms with Crippen LogP contribution in [0, 0.1) is 6.92 Å². The first kappa shape index (κ1) is 13.5. The average Bonchev–Trinajstić information content (AvgIpc) is 2.42. The Morgan fingerprint density at radius 3 is 2.95 bits per heavy atom. The Balaban J connectivity index is 2.21. The second-order valence-corrected chi connectivity index (χ2v) is 4.37. The van der Waals surface area contributed by atoms with Gasteiger partial charge in [-0.15, -0.1) is 0 Å². The maximum Gasteiger partial charge on any atom is 0.243 e. The Morgan fingerprint density at radius 2 is 2.21 bits per heavy atom. The van der Waals surface area contributed by atoms with Crippen molar-refractivity contribution in [3.05, 3.63) is 35.2 Å². The van der Waals surface area contributed by atoms with Crippen molar-refractivity contribution >= 4 is 17.5 Å². The van der Waals surface area contributed by atoms with Gasteiger partial charge in [0.05, 0.1) is 11.9 Å². The summed E-state index contributed by atoms with van der Waals surface area (Å²) in [7, 11) is 0. The standard InChI is InChI=1S/C13H15ClN4O/c1-3-6-16-13-17-8-10(14)12(18-13)19-11-5-4-7-15-9(11)2/h4-5,7-8H,3,6H2,1-2H3,(H,16,17,18). The number of nitrogens with one attached hydrogen (secondary N) is 1. The summed E-state index contributed by atoms with van der Waals surface area (Å²) in [5.41, 5.74) is 0.778. The number of nitrogens with zero attached hydrogens (tertiary/aromatic N) is 3. The van der Waals surface area contributed by atoms with Crippen LogP contribution in [-0.4, -0.2) is 21.5 Å². The molecule has 2 rings (SSSR count). The number of pyridine rings is 1. The van der Waals surface area contributed by atoms with Gasteiger partial charge < -0.3 is 10.1 Å². The van der Waals surface area contributed by atoms with Crippen LogP contribution in [0.5, 0.6) is 11.6 Å². The van der Waals surface area contributed by atoms with Gasteiger partial charge in [0.15, 0.2) is 5.75 Å². The van der Waals surface area contributed by atoms with Crippen LogP contribution in [0.4, 0.5) is 5.95 Å². The van der Waals surface area contributed by atoms with Crippen molar-refractivity contribution in [1.29, 1.82) is 0 Å². The number of ether oxygens (including phenoxy) is 1. The van der Waals surface area contributed by atoms with Gasteiger partial charge in [0.2, 0.25) is 11.8 Å². The highest BCUT2D eigenvalue weighted by molar-refractivity contribution is 6.31. The van der Waals surface area contributed by atoms with E-state index in [0.29, 0.717) is 22.6 Å². The van der Waals surface area contributed by atoms with Gasteiger partial charge in [0, 0.05) is 12.7 Å². The third kappa shape index (κ3) is 3.54. The highest BCUT2D eigenvalue weighted by Crippen LogP contribution is 2.28. The topological polar surface area (TPSA) is 59.9 Å². The molecule has 100 valence electrons. The molecule has 0 unspecified atom stereocenters. The minimum absolute atomic E-state index is 0.325. The predicted molar refractivity (Wildman–Crippen MR) is 74.9 cm³/mol. The molecule has 2 aromatic heterocycles. The van der Waals surface area contributed by atoms with Crippen LogP contribution in [0.15, 0.2) is 24.5 Å². The smallest absolute Gasteiger partial charge is 0.243 e. The number of aryl methyl sites for hydroxylation is 1. The normalized spacial score (nSPS) is 10.3. The Hall–Kier alpha value is -1.88. The molecule has 0 atom stereocenters. The van der Waals surface area contributed by atoms with Gasteiger partial charge in [-0.3, -0.25) is 4.98 Å². The average molecular weight is 279 g/mol. The third-order valence-electron chi connectivity index (χ3n) is 2.41. The molecule has 2 aromatic rings. The van der Waals surface area contributed by atoms with Gasteiger partial charge >= 0.3 is 0 Å². The largest absolute Gasteiger partial charge is 0.435 e. The molecule has 0 amide bonds. The van der Waals surface area contributed by atoms with Crippen LogP contribution in [0.1, 0.15) is 19.0 Å². The third-order valence-corrected chi connectivity index (χ3v) is 2.67. The molecule has 5 nitrogen and oxygen atoms in total. The lowest BCUT2D eigenvalue weighted by atomic mass is 10.3. The van der Waals surface area contributed by atoms with E-state index in [4.69, 9.17) is 16.3 Å². The molecule has 0 aliphatic carbocycles. The van der Waals surface area contributed by atoms with E-state index in [-0.39, 0.29) is 0 Å². The molecule has 0 fully saturated rings. The number of anilines is 1. The molecule has 2 heterocycles. The molecular weight excluding hydrogens is 264 g/mol. The first-order valence-corrected chi connectivity index (χ1v) is 6.44. The SMILES string of the molecule is CCCNc1ncc(Cl)c(Oc2cccnc2C)n1. The fraction of sp³-hybridized carbons (Fsp3) is 0.308. The first-order chi connectivity index (χ1) is 9.20. The second kappa shape index (κ2) is 6.33. The number of halogens is 1. The molecular formula is C13H15ClN4O. The van der Waals surface area contributed by atoms with E-state index < -0.39 is 0 Å². The summed E-state index contributed by atoms with van der Waals surface area (Å²) in [5, 5.41) is 3.45. The van der Waals surface area contributed by atoms with Gasteiger partial charge in [0.1, 0.15) is 5.02 Å². The Bertz CT molecular complexity index is 562. The molecule has 0 aliphatic heterocycles. The fourth-order valence-corrected chi connectivity index (χ4v) is 1.56. The highest BCUT2D eigenvalue weighted by atomic mass is 35.5. The van der Waals surface area contributed by atoms with Crippen LogP contribution in [0.25, 0.3) is 0 Å². The summed E-state index contributed by atoms with van der Waals surface area (Å²) in [6, 6.07) is 3.62. The lowest BCUT2D eigenvalue weighted by Crippen LogP contribution is -2.05. The molecule has 0 spiro atoms. The summed E-state index contributed by atoms with van der Waals surface area (Å²) in [5.74, 6) is 1.46. The number of aromatic nitrogens is 3. The van der Waals surface area contributed by atoms with Crippen LogP contribution in [-0.2, 0) is 0 Å². The van der Waals surface area contributed by atoms with Crippen LogP contribution in [0.3, 0.4) is 0 Å². The summed E-state index contributed by atoms with van der Waals surface area (Å²) in [4.78, 5) is 12.5. The van der Waals surface area contributed by atoms with Crippen molar-refractivity contribution in [2.75, 3.05) is 11.9 Å². The summed E-state index contributed by atoms with van der Waals surface area (Å²) in [6.45, 7) is 4.73. The Morgan fingerprint density at radius 1 is 1.37 bits per heavy atom. The minimum atomic E-state index is 0.325. The van der Waals surface area contributed by atoms with Crippen molar-refractivity contribution in [1.82, 2.24) is 15.0 Å². The summed E-state index contributed by atoms with van der Waals surface area (Å²) in [6.07, 6.45) is 4.22. The Labute approximate surface area is 117 Å². The predicted octanol–water partition coefficient (Wildman–Crippen LogP) is 3.45. The molecule has 1 N–H and O–H groups in total. The Kier molecular flexibility index (Phi) is 4.52. The van der Waals surface area contributed by atoms with E-state index in [1.807, 2.05) is 13.0 Å². The van der Waals surface area contributed by atoms with Gasteiger partial charge in [-0.25, -0.2) is 4.98 Å². The molecule has 19 heavy (non-hydrogen) atoms. The fourth-order valence-electron chi connectivity index (χ4n) is 1.43. The molecule has 0 saturated carbocycles. The van der Waals surface area contributed by atoms with E-state index in [0.717, 1.165) is 18.7 Å². The van der Waals surface area contributed by atoms with Crippen LogP contribution in [0.2, 0.25) is 5.02 Å². The molecule has 0 aromatic carbocycles. The maximum absolute atomic E-state index is 6.03. The van der Waals surface area contributed by atoms with E-state index in [1.165, 1.54) is 6.20 Å². The maximum atomic E-state index is 6.03. The van der Waals surface area contributed by atoms with Crippen molar-refractivity contribution in [3.63, 3.8) is 0 Å². The van der Waals surface area contributed by atoms with Gasteiger partial charge in [-0.2, -0.15) is 4.98 Å². The molecule has 0 saturated heterocycles. The van der Waals surface area contributed by atoms with Crippen LogP contribution >= 0.6 is 11.6 Å². The zero-order valence-corrected chi connectivity index (χ0v) is 11.6. The highest BCUT2D eigenvalue weighted by Gasteiger charge is 2.09. The zero-order valence-electron chi connectivity index (χ0n) is 10.9. The first-order valence-electron chi connectivity index (χ1n) is 6.06. The molecule has 6 heteroatoms. The summed E-state index contributed by atoms with van der Waals surface area (Å²) < 4.78 is 5.67. The lowest BCUT2D eigenvalue weighted by Gasteiger charge is -2.09. The number of rotatable bonds is 5. The van der Waals surface area contributed by atoms with Gasteiger partial charge in [-0.05, 0) is 25.5 Å². The van der Waals surface area contributed by atoms with Crippen molar-refractivity contribution in [3.8, 4) is 11.6 Å². The van der Waals surface area contributed by atoms with Crippen molar-refractivity contribution in [2.24, 2.45) is 0 Å². The monoisotopic (exact) mass is 278 g/mol. The number of hydrogen-bond acceptors (Lipinski definition) is 5.